The largest absolute Gasteiger partial charge is 0.462 e. The topological polar surface area (TPSA) is 35.5 Å². The summed E-state index contributed by atoms with van der Waals surface area (Å²) in [4.78, 5) is 11.3. The maximum Gasteiger partial charge on any atom is 0.302 e. The van der Waals surface area contributed by atoms with E-state index in [0.717, 1.165) is 0 Å². The molecule has 0 bridgehead atoms. The Balaban J connectivity index is 4.73. The lowest BCUT2D eigenvalue weighted by Gasteiger charge is -2.38. The second kappa shape index (κ2) is 7.41. The molecular weight excluding hydrogens is 268 g/mol. The van der Waals surface area contributed by atoms with Crippen molar-refractivity contribution in [3.05, 3.63) is 12.7 Å². The molecule has 0 aromatic heterocycles. The predicted octanol–water partition coefficient (Wildman–Crippen LogP) is 4.40. The van der Waals surface area contributed by atoms with Gasteiger partial charge in [0.15, 0.2) is 8.32 Å². The first-order valence-corrected chi connectivity index (χ1v) is 10.3. The highest BCUT2D eigenvalue weighted by atomic mass is 28.4. The monoisotopic (exact) mass is 300 g/mol. The molecule has 0 saturated heterocycles. The van der Waals surface area contributed by atoms with Crippen LogP contribution in [-0.4, -0.2) is 27.0 Å². The minimum atomic E-state index is -1.76. The highest BCUT2D eigenvalue weighted by Crippen LogP contribution is 2.37. The number of hydrogen-bond donors (Lipinski definition) is 0. The van der Waals surface area contributed by atoms with Gasteiger partial charge in [0, 0.05) is 25.4 Å². The second-order valence-corrected chi connectivity index (χ2v) is 12.0. The molecule has 0 fully saturated rings. The Labute approximate surface area is 125 Å². The van der Waals surface area contributed by atoms with Crippen molar-refractivity contribution in [2.24, 2.45) is 11.8 Å². The van der Waals surface area contributed by atoms with Crippen LogP contribution >= 0.6 is 0 Å². The third-order valence-electron chi connectivity index (χ3n) is 4.27. The van der Waals surface area contributed by atoms with Crippen molar-refractivity contribution in [2.45, 2.75) is 65.8 Å². The lowest BCUT2D eigenvalue weighted by Crippen LogP contribution is -2.43. The van der Waals surface area contributed by atoms with Gasteiger partial charge in [-0.2, -0.15) is 0 Å². The van der Waals surface area contributed by atoms with E-state index in [9.17, 15) is 4.79 Å². The van der Waals surface area contributed by atoms with Crippen molar-refractivity contribution in [1.82, 2.24) is 0 Å². The molecule has 118 valence electrons. The van der Waals surface area contributed by atoms with E-state index >= 15 is 0 Å². The Morgan fingerprint density at radius 2 is 1.80 bits per heavy atom. The number of carbonyl (C=O) groups excluding carboxylic acids is 1. The van der Waals surface area contributed by atoms with Crippen LogP contribution in [0.15, 0.2) is 12.7 Å². The van der Waals surface area contributed by atoms with Crippen molar-refractivity contribution in [1.29, 1.82) is 0 Å². The van der Waals surface area contributed by atoms with Crippen LogP contribution in [0.3, 0.4) is 0 Å². The van der Waals surface area contributed by atoms with E-state index in [1.165, 1.54) is 6.92 Å². The molecule has 3 atom stereocenters. The summed E-state index contributed by atoms with van der Waals surface area (Å²) in [5.41, 5.74) is 0. The fourth-order valence-electron chi connectivity index (χ4n) is 1.72. The van der Waals surface area contributed by atoms with Crippen molar-refractivity contribution in [2.75, 3.05) is 6.61 Å². The van der Waals surface area contributed by atoms with Gasteiger partial charge in [-0.25, -0.2) is 0 Å². The molecule has 0 amide bonds. The van der Waals surface area contributed by atoms with Gasteiger partial charge in [-0.1, -0.05) is 40.7 Å². The Hall–Kier alpha value is -0.613. The molecule has 0 heterocycles. The zero-order valence-electron chi connectivity index (χ0n) is 14.4. The van der Waals surface area contributed by atoms with Crippen molar-refractivity contribution >= 4 is 14.3 Å². The van der Waals surface area contributed by atoms with E-state index in [2.05, 4.69) is 47.4 Å². The molecule has 0 aliphatic carbocycles. The SMILES string of the molecule is C=C[C@H](C)[C@H](OC(C)=O)[C@@H](C)CO[Si](C)(C)C(C)(C)C. The lowest BCUT2D eigenvalue weighted by atomic mass is 9.94. The Bertz CT molecular complexity index is 331. The Morgan fingerprint density at radius 3 is 2.15 bits per heavy atom. The van der Waals surface area contributed by atoms with E-state index < -0.39 is 8.32 Å². The zero-order valence-corrected chi connectivity index (χ0v) is 15.4. The van der Waals surface area contributed by atoms with Crippen LogP contribution in [0.4, 0.5) is 0 Å². The quantitative estimate of drug-likeness (QED) is 0.397. The average molecular weight is 301 g/mol. The first-order chi connectivity index (χ1) is 8.92. The fourth-order valence-corrected chi connectivity index (χ4v) is 2.83. The number of carbonyl (C=O) groups is 1. The molecule has 0 rings (SSSR count). The van der Waals surface area contributed by atoms with Crippen LogP contribution < -0.4 is 0 Å². The molecule has 0 radical (unpaired) electrons. The summed E-state index contributed by atoms with van der Waals surface area (Å²) in [6, 6.07) is 0. The maximum atomic E-state index is 11.3. The molecule has 0 aliphatic heterocycles. The molecule has 0 unspecified atom stereocenters. The van der Waals surface area contributed by atoms with E-state index in [0.29, 0.717) is 6.61 Å². The summed E-state index contributed by atoms with van der Waals surface area (Å²) in [6.45, 7) is 21.1. The van der Waals surface area contributed by atoms with Gasteiger partial charge in [-0.15, -0.1) is 6.58 Å². The molecule has 0 N–H and O–H groups in total. The average Bonchev–Trinajstić information content (AvgIpc) is 2.30. The molecule has 0 saturated carbocycles. The maximum absolute atomic E-state index is 11.3. The minimum absolute atomic E-state index is 0.122. The van der Waals surface area contributed by atoms with Gasteiger partial charge in [-0.3, -0.25) is 4.79 Å². The normalized spacial score (nSPS) is 17.2. The highest BCUT2D eigenvalue weighted by molar-refractivity contribution is 6.74. The summed E-state index contributed by atoms with van der Waals surface area (Å²) in [5, 5.41) is 0.188. The zero-order chi connectivity index (χ0) is 16.1. The molecule has 0 aliphatic rings. The van der Waals surface area contributed by atoms with Gasteiger partial charge in [0.25, 0.3) is 0 Å². The number of rotatable bonds is 7. The molecule has 20 heavy (non-hydrogen) atoms. The van der Waals surface area contributed by atoms with E-state index in [-0.39, 0.29) is 28.9 Å². The summed E-state index contributed by atoms with van der Waals surface area (Å²) >= 11 is 0. The minimum Gasteiger partial charge on any atom is -0.462 e. The number of hydrogen-bond acceptors (Lipinski definition) is 3. The van der Waals surface area contributed by atoms with E-state index in [4.69, 9.17) is 9.16 Å². The van der Waals surface area contributed by atoms with Crippen molar-refractivity contribution in [3.8, 4) is 0 Å². The van der Waals surface area contributed by atoms with Crippen LogP contribution in [0.25, 0.3) is 0 Å². The smallest absolute Gasteiger partial charge is 0.302 e. The van der Waals surface area contributed by atoms with Crippen LogP contribution in [-0.2, 0) is 14.0 Å². The Kier molecular flexibility index (Phi) is 7.18. The molecule has 0 aromatic carbocycles. The Morgan fingerprint density at radius 1 is 1.30 bits per heavy atom. The molecular formula is C16H32O3Si. The molecule has 4 heteroatoms. The predicted molar refractivity (Wildman–Crippen MR) is 87.2 cm³/mol. The first kappa shape index (κ1) is 19.4. The van der Waals surface area contributed by atoms with Gasteiger partial charge in [-0.05, 0) is 18.1 Å². The van der Waals surface area contributed by atoms with Gasteiger partial charge in [0.1, 0.15) is 6.10 Å². The van der Waals surface area contributed by atoms with E-state index in [1.54, 1.807) is 0 Å². The van der Waals surface area contributed by atoms with Gasteiger partial charge in [0.2, 0.25) is 0 Å². The van der Waals surface area contributed by atoms with Crippen LogP contribution in [0.2, 0.25) is 18.1 Å². The van der Waals surface area contributed by atoms with Gasteiger partial charge < -0.3 is 9.16 Å². The second-order valence-electron chi connectivity index (χ2n) is 7.22. The number of esters is 1. The molecule has 0 spiro atoms. The molecule has 3 nitrogen and oxygen atoms in total. The third-order valence-corrected chi connectivity index (χ3v) is 8.77. The standard InChI is InChI=1S/C16H32O3Si/c1-10-12(2)15(19-14(4)17)13(3)11-18-20(8,9)16(5,6)7/h10,12-13,15H,1,11H2,2-9H3/t12-,13-,15-/m0/s1. The number of ether oxygens (including phenoxy) is 1. The van der Waals surface area contributed by atoms with Crippen LogP contribution in [0, 0.1) is 11.8 Å². The lowest BCUT2D eigenvalue weighted by molar-refractivity contribution is -0.151. The summed E-state index contributed by atoms with van der Waals surface area (Å²) in [6.07, 6.45) is 1.66. The summed E-state index contributed by atoms with van der Waals surface area (Å²) in [5.74, 6) is 0.0285. The highest BCUT2D eigenvalue weighted by Gasteiger charge is 2.38. The van der Waals surface area contributed by atoms with Gasteiger partial charge in [0.05, 0.1) is 0 Å². The van der Waals surface area contributed by atoms with Crippen molar-refractivity contribution in [3.63, 3.8) is 0 Å². The molecule has 0 aromatic rings. The van der Waals surface area contributed by atoms with Crippen LogP contribution in [0.5, 0.6) is 0 Å². The summed E-state index contributed by atoms with van der Waals surface area (Å²) < 4.78 is 11.7. The third kappa shape index (κ3) is 5.79. The fraction of sp³-hybridized carbons (Fsp3) is 0.812. The van der Waals surface area contributed by atoms with Crippen LogP contribution in [0.1, 0.15) is 41.5 Å². The van der Waals surface area contributed by atoms with Crippen molar-refractivity contribution < 1.29 is 14.0 Å². The first-order valence-electron chi connectivity index (χ1n) is 7.36. The van der Waals surface area contributed by atoms with E-state index in [1.807, 2.05) is 13.0 Å². The van der Waals surface area contributed by atoms with Gasteiger partial charge >= 0.3 is 5.97 Å². The summed E-state index contributed by atoms with van der Waals surface area (Å²) in [7, 11) is -1.76.